The number of halogens is 2. The van der Waals surface area contributed by atoms with Crippen LogP contribution in [0.25, 0.3) is 11.1 Å². The molecule has 0 aliphatic heterocycles. The maximum absolute atomic E-state index is 14.3. The molecule has 38 heavy (non-hydrogen) atoms. The van der Waals surface area contributed by atoms with Crippen LogP contribution < -0.4 is 14.8 Å². The van der Waals surface area contributed by atoms with Gasteiger partial charge in [0.15, 0.2) is 0 Å². The molecule has 0 aromatic heterocycles. The molecule has 0 bridgehead atoms. The van der Waals surface area contributed by atoms with Crippen LogP contribution in [0.3, 0.4) is 0 Å². The molecule has 9 heteroatoms. The Balaban J connectivity index is 1.87. The van der Waals surface area contributed by atoms with Crippen molar-refractivity contribution in [2.24, 2.45) is 0 Å². The molecule has 0 radical (unpaired) electrons. The van der Waals surface area contributed by atoms with Crippen LogP contribution in [0.5, 0.6) is 11.5 Å². The first kappa shape index (κ1) is 29.4. The van der Waals surface area contributed by atoms with E-state index in [2.05, 4.69) is 5.32 Å². The summed E-state index contributed by atoms with van der Waals surface area (Å²) >= 11 is 1.89. The fourth-order valence-electron chi connectivity index (χ4n) is 3.98. The SMILES string of the molecule is CCOCc1cc(OC)c(-c2ccc(C[C@H](NC(=O)c3c(F)cccc3I)C(=O)OCC)cc2)c(OC)c1. The molecule has 202 valence electrons. The van der Waals surface area contributed by atoms with Gasteiger partial charge in [0.05, 0.1) is 38.6 Å². The van der Waals surface area contributed by atoms with Crippen LogP contribution in [0.15, 0.2) is 54.6 Å². The summed E-state index contributed by atoms with van der Waals surface area (Å²) in [4.78, 5) is 25.5. The Bertz CT molecular complexity index is 1220. The molecule has 1 amide bonds. The van der Waals surface area contributed by atoms with Gasteiger partial charge in [-0.15, -0.1) is 0 Å². The Kier molecular flexibility index (Phi) is 10.9. The van der Waals surface area contributed by atoms with Crippen molar-refractivity contribution in [3.63, 3.8) is 0 Å². The van der Waals surface area contributed by atoms with Crippen molar-refractivity contribution in [1.82, 2.24) is 5.32 Å². The maximum Gasteiger partial charge on any atom is 0.328 e. The third kappa shape index (κ3) is 7.22. The molecule has 3 aromatic carbocycles. The molecule has 0 saturated heterocycles. The van der Waals surface area contributed by atoms with Crippen LogP contribution in [0.2, 0.25) is 0 Å². The molecule has 1 atom stereocenters. The van der Waals surface area contributed by atoms with Gasteiger partial charge in [-0.25, -0.2) is 9.18 Å². The second-order valence-corrected chi connectivity index (χ2v) is 9.45. The lowest BCUT2D eigenvalue weighted by molar-refractivity contribution is -0.145. The average molecular weight is 635 g/mol. The number of carbonyl (C=O) groups excluding carboxylic acids is 2. The molecule has 3 rings (SSSR count). The molecule has 1 N–H and O–H groups in total. The van der Waals surface area contributed by atoms with E-state index >= 15 is 0 Å². The minimum absolute atomic E-state index is 0.107. The smallest absolute Gasteiger partial charge is 0.328 e. The normalized spacial score (nSPS) is 11.5. The summed E-state index contributed by atoms with van der Waals surface area (Å²) in [5, 5.41) is 2.64. The van der Waals surface area contributed by atoms with Gasteiger partial charge in [0, 0.05) is 16.6 Å². The van der Waals surface area contributed by atoms with Gasteiger partial charge < -0.3 is 24.3 Å². The van der Waals surface area contributed by atoms with E-state index in [9.17, 15) is 14.0 Å². The summed E-state index contributed by atoms with van der Waals surface area (Å²) in [5.41, 5.74) is 3.23. The van der Waals surface area contributed by atoms with Gasteiger partial charge in [-0.2, -0.15) is 0 Å². The second kappa shape index (κ2) is 14.1. The minimum atomic E-state index is -0.995. The number of esters is 1. The third-order valence-corrected chi connectivity index (χ3v) is 6.69. The summed E-state index contributed by atoms with van der Waals surface area (Å²) in [7, 11) is 3.20. The first-order valence-corrected chi connectivity index (χ1v) is 13.2. The zero-order valence-electron chi connectivity index (χ0n) is 21.8. The number of methoxy groups -OCH3 is 2. The van der Waals surface area contributed by atoms with Crippen LogP contribution >= 0.6 is 22.6 Å². The highest BCUT2D eigenvalue weighted by atomic mass is 127. The fourth-order valence-corrected chi connectivity index (χ4v) is 4.69. The van der Waals surface area contributed by atoms with E-state index in [1.54, 1.807) is 27.2 Å². The molecule has 0 spiro atoms. The van der Waals surface area contributed by atoms with Gasteiger partial charge in [0.25, 0.3) is 5.91 Å². The highest BCUT2D eigenvalue weighted by Crippen LogP contribution is 2.40. The van der Waals surface area contributed by atoms with Crippen LogP contribution in [0.4, 0.5) is 4.39 Å². The van der Waals surface area contributed by atoms with Crippen LogP contribution in [0, 0.1) is 9.39 Å². The molecular formula is C29H31FINO6. The van der Waals surface area contributed by atoms with Gasteiger partial charge in [-0.05, 0) is 77.4 Å². The largest absolute Gasteiger partial charge is 0.496 e. The van der Waals surface area contributed by atoms with Crippen molar-refractivity contribution in [1.29, 1.82) is 0 Å². The quantitative estimate of drug-likeness (QED) is 0.208. The van der Waals surface area contributed by atoms with Crippen molar-refractivity contribution < 1.29 is 32.9 Å². The van der Waals surface area contributed by atoms with Crippen LogP contribution in [-0.4, -0.2) is 45.4 Å². The summed E-state index contributed by atoms with van der Waals surface area (Å²) in [6.45, 7) is 4.81. The summed E-state index contributed by atoms with van der Waals surface area (Å²) in [6.07, 6.45) is 0.164. The van der Waals surface area contributed by atoms with E-state index < -0.39 is 23.7 Å². The lowest BCUT2D eigenvalue weighted by Gasteiger charge is -2.19. The number of hydrogen-bond acceptors (Lipinski definition) is 6. The zero-order valence-corrected chi connectivity index (χ0v) is 24.0. The van der Waals surface area contributed by atoms with Crippen molar-refractivity contribution in [2.45, 2.75) is 32.9 Å². The summed E-state index contributed by atoms with van der Waals surface area (Å²) < 4.78 is 36.8. The monoisotopic (exact) mass is 635 g/mol. The molecule has 0 saturated carbocycles. The lowest BCUT2D eigenvalue weighted by atomic mass is 9.98. The first-order valence-electron chi connectivity index (χ1n) is 12.2. The second-order valence-electron chi connectivity index (χ2n) is 8.29. The predicted octanol–water partition coefficient (Wildman–Crippen LogP) is 5.56. The molecule has 0 aliphatic carbocycles. The number of rotatable bonds is 12. The Labute approximate surface area is 235 Å². The van der Waals surface area contributed by atoms with Gasteiger partial charge in [0.2, 0.25) is 0 Å². The van der Waals surface area contributed by atoms with Gasteiger partial charge >= 0.3 is 5.97 Å². The van der Waals surface area contributed by atoms with Crippen LogP contribution in [-0.2, 0) is 27.3 Å². The summed E-state index contributed by atoms with van der Waals surface area (Å²) in [5.74, 6) is -0.643. The molecular weight excluding hydrogens is 604 g/mol. The van der Waals surface area contributed by atoms with Crippen molar-refractivity contribution in [3.05, 3.63) is 80.7 Å². The number of amides is 1. The first-order chi connectivity index (χ1) is 18.3. The zero-order chi connectivity index (χ0) is 27.7. The van der Waals surface area contributed by atoms with Crippen molar-refractivity contribution >= 4 is 34.5 Å². The van der Waals surface area contributed by atoms with E-state index in [0.717, 1.165) is 22.3 Å². The standard InChI is InChI=1S/C29H31FINO6/c1-5-37-17-19-15-24(35-3)26(25(16-19)36-4)20-12-10-18(11-13-20)14-23(29(34)38-6-2)32-28(33)27-21(30)8-7-9-22(27)31/h7-13,15-16,23H,5-6,14,17H2,1-4H3,(H,32,33)/t23-/m0/s1. The Morgan fingerprint density at radius 1 is 0.947 bits per heavy atom. The number of hydrogen-bond donors (Lipinski definition) is 1. The topological polar surface area (TPSA) is 83.1 Å². The molecule has 0 fully saturated rings. The van der Waals surface area contributed by atoms with E-state index in [1.165, 1.54) is 12.1 Å². The molecule has 0 heterocycles. The molecule has 7 nitrogen and oxygen atoms in total. The average Bonchev–Trinajstić information content (AvgIpc) is 2.91. The Morgan fingerprint density at radius 3 is 2.16 bits per heavy atom. The fraction of sp³-hybridized carbons (Fsp3) is 0.310. The van der Waals surface area contributed by atoms with E-state index in [0.29, 0.717) is 28.3 Å². The Hall–Kier alpha value is -3.18. The van der Waals surface area contributed by atoms with E-state index in [-0.39, 0.29) is 18.6 Å². The number of carbonyl (C=O) groups is 2. The molecule has 0 aliphatic rings. The number of nitrogens with one attached hydrogen (secondary N) is 1. The van der Waals surface area contributed by atoms with E-state index in [1.807, 2.05) is 65.9 Å². The highest BCUT2D eigenvalue weighted by Gasteiger charge is 2.26. The third-order valence-electron chi connectivity index (χ3n) is 5.79. The molecule has 3 aromatic rings. The maximum atomic E-state index is 14.3. The van der Waals surface area contributed by atoms with Gasteiger partial charge in [0.1, 0.15) is 23.4 Å². The van der Waals surface area contributed by atoms with Crippen molar-refractivity contribution in [3.8, 4) is 22.6 Å². The highest BCUT2D eigenvalue weighted by molar-refractivity contribution is 14.1. The predicted molar refractivity (Wildman–Crippen MR) is 151 cm³/mol. The van der Waals surface area contributed by atoms with Crippen molar-refractivity contribution in [2.75, 3.05) is 27.4 Å². The van der Waals surface area contributed by atoms with Crippen LogP contribution in [0.1, 0.15) is 35.3 Å². The Morgan fingerprint density at radius 2 is 1.61 bits per heavy atom. The van der Waals surface area contributed by atoms with Gasteiger partial charge in [-0.3, -0.25) is 4.79 Å². The lowest BCUT2D eigenvalue weighted by Crippen LogP contribution is -2.44. The minimum Gasteiger partial charge on any atom is -0.496 e. The summed E-state index contributed by atoms with van der Waals surface area (Å²) in [6, 6.07) is 14.7. The van der Waals surface area contributed by atoms with E-state index in [4.69, 9.17) is 18.9 Å². The van der Waals surface area contributed by atoms with Gasteiger partial charge in [-0.1, -0.05) is 30.3 Å². The number of ether oxygens (including phenoxy) is 4. The number of benzene rings is 3. The molecule has 0 unspecified atom stereocenters.